The molecular formula is C43H45N3O4. The summed E-state index contributed by atoms with van der Waals surface area (Å²) in [4.78, 5) is 60.4. The summed E-state index contributed by atoms with van der Waals surface area (Å²) < 4.78 is 0. The summed E-state index contributed by atoms with van der Waals surface area (Å²) >= 11 is 0. The fourth-order valence-corrected chi connectivity index (χ4v) is 7.91. The van der Waals surface area contributed by atoms with Crippen LogP contribution >= 0.6 is 0 Å². The molecule has 3 aromatic carbocycles. The molecule has 1 aromatic heterocycles. The van der Waals surface area contributed by atoms with Crippen LogP contribution in [0.25, 0.3) is 22.2 Å². The van der Waals surface area contributed by atoms with Gasteiger partial charge in [-0.15, -0.1) is 0 Å². The van der Waals surface area contributed by atoms with Crippen LogP contribution in [0.5, 0.6) is 0 Å². The molecule has 0 unspecified atom stereocenters. The molecule has 0 bridgehead atoms. The first-order chi connectivity index (χ1) is 24.3. The van der Waals surface area contributed by atoms with Gasteiger partial charge in [0, 0.05) is 42.5 Å². The number of benzene rings is 3. The summed E-state index contributed by atoms with van der Waals surface area (Å²) in [5.74, 6) is 0.0685. The Morgan fingerprint density at radius 1 is 0.760 bits per heavy atom. The minimum Gasteiger partial charge on any atom is -0.355 e. The number of allylic oxidation sites excluding steroid dienone is 3. The summed E-state index contributed by atoms with van der Waals surface area (Å²) in [5, 5.41) is 1.02. The smallest absolute Gasteiger partial charge is 0.230 e. The highest BCUT2D eigenvalue weighted by molar-refractivity contribution is 5.94. The van der Waals surface area contributed by atoms with Crippen molar-refractivity contribution >= 4 is 34.3 Å². The predicted molar refractivity (Wildman–Crippen MR) is 196 cm³/mol. The van der Waals surface area contributed by atoms with Crippen LogP contribution in [0.3, 0.4) is 0 Å². The Kier molecular flexibility index (Phi) is 9.92. The van der Waals surface area contributed by atoms with Gasteiger partial charge in [0.2, 0.25) is 11.8 Å². The molecule has 7 rings (SSSR count). The van der Waals surface area contributed by atoms with Crippen LogP contribution in [0.2, 0.25) is 0 Å². The van der Waals surface area contributed by atoms with Crippen molar-refractivity contribution in [3.63, 3.8) is 0 Å². The minimum atomic E-state index is -0.363. The lowest BCUT2D eigenvalue weighted by Gasteiger charge is -2.28. The van der Waals surface area contributed by atoms with Gasteiger partial charge in [-0.2, -0.15) is 0 Å². The van der Waals surface area contributed by atoms with Gasteiger partial charge in [0.1, 0.15) is 0 Å². The second-order valence-electron chi connectivity index (χ2n) is 14.1. The maximum absolute atomic E-state index is 13.5. The second kappa shape index (κ2) is 14.8. The molecule has 4 aromatic rings. The topological polar surface area (TPSA) is 90.6 Å². The lowest BCUT2D eigenvalue weighted by Crippen LogP contribution is -2.44. The summed E-state index contributed by atoms with van der Waals surface area (Å²) in [5.41, 5.74) is 6.94. The van der Waals surface area contributed by atoms with Gasteiger partial charge in [0.25, 0.3) is 0 Å². The average Bonchev–Trinajstić information content (AvgIpc) is 3.92. The number of aromatic amines is 1. The lowest BCUT2D eigenvalue weighted by molar-refractivity contribution is -0.139. The van der Waals surface area contributed by atoms with Crippen molar-refractivity contribution in [2.24, 2.45) is 5.92 Å². The summed E-state index contributed by atoms with van der Waals surface area (Å²) in [6, 6.07) is 25.2. The Labute approximate surface area is 294 Å². The van der Waals surface area contributed by atoms with Crippen molar-refractivity contribution in [2.45, 2.75) is 76.8 Å². The number of rotatable bonds is 11. The number of carbonyl (C=O) groups excluding carboxylic acids is 4. The van der Waals surface area contributed by atoms with Gasteiger partial charge < -0.3 is 14.8 Å². The quantitative estimate of drug-likeness (QED) is 0.183. The van der Waals surface area contributed by atoms with Crippen LogP contribution in [-0.4, -0.2) is 63.3 Å². The molecule has 7 heteroatoms. The Morgan fingerprint density at radius 2 is 1.42 bits per heavy atom. The molecule has 2 aliphatic heterocycles. The highest BCUT2D eigenvalue weighted by Crippen LogP contribution is 2.30. The molecule has 0 saturated carbocycles. The standard InChI is InChI=1S/C43H45N3O4/c1-29(33-12-6-3-7-13-33)43(50)46-23-9-15-39(46)41(48)26-32-18-21-36-35(24-32)28-37(44-36)34-19-16-31(17-20-34)25-40(47)38-14-8-22-45(38)42(49)27-30-10-4-2-5-11-30/h2-6,10-12,16-21,24,28-29,38-39,44H,7-9,13-15,22-23,25-27H2,1H3/t29-,38+,39+/m1/s1. The summed E-state index contributed by atoms with van der Waals surface area (Å²) in [6.07, 6.45) is 12.1. The van der Waals surface area contributed by atoms with E-state index in [1.54, 1.807) is 4.90 Å². The van der Waals surface area contributed by atoms with E-state index >= 15 is 0 Å². The third-order valence-electron chi connectivity index (χ3n) is 10.7. The highest BCUT2D eigenvalue weighted by Gasteiger charge is 2.37. The van der Waals surface area contributed by atoms with E-state index in [1.807, 2.05) is 84.6 Å². The average molecular weight is 668 g/mol. The lowest BCUT2D eigenvalue weighted by atomic mass is 9.91. The molecule has 0 radical (unpaired) electrons. The van der Waals surface area contributed by atoms with Crippen LogP contribution in [-0.2, 0) is 38.4 Å². The van der Waals surface area contributed by atoms with Crippen molar-refractivity contribution in [3.8, 4) is 11.3 Å². The van der Waals surface area contributed by atoms with Crippen LogP contribution in [0.4, 0.5) is 0 Å². The van der Waals surface area contributed by atoms with Gasteiger partial charge in [-0.05, 0) is 85.9 Å². The molecule has 3 atom stereocenters. The number of aromatic nitrogens is 1. The van der Waals surface area contributed by atoms with E-state index in [9.17, 15) is 19.2 Å². The Hall–Kier alpha value is -5.04. The number of H-pyrrole nitrogens is 1. The number of Topliss-reactive ketones (excluding diaryl/α,β-unsaturated/α-hetero) is 2. The second-order valence-corrected chi connectivity index (χ2v) is 14.1. The first-order valence-electron chi connectivity index (χ1n) is 18.1. The third kappa shape index (κ3) is 7.28. The molecule has 1 aliphatic carbocycles. The van der Waals surface area contributed by atoms with Crippen LogP contribution in [0.1, 0.15) is 62.1 Å². The maximum Gasteiger partial charge on any atom is 0.230 e. The van der Waals surface area contributed by atoms with E-state index in [-0.39, 0.29) is 41.4 Å². The molecular weight excluding hydrogens is 622 g/mol. The molecule has 3 heterocycles. The number of nitrogens with zero attached hydrogens (tertiary/aromatic N) is 2. The maximum atomic E-state index is 13.5. The van der Waals surface area contributed by atoms with Crippen LogP contribution in [0, 0.1) is 5.92 Å². The normalized spacial score (nSPS) is 19.5. The number of amides is 2. The van der Waals surface area contributed by atoms with E-state index in [0.717, 1.165) is 76.5 Å². The Morgan fingerprint density at radius 3 is 2.14 bits per heavy atom. The first-order valence-corrected chi connectivity index (χ1v) is 18.1. The Bertz CT molecular complexity index is 1950. The number of likely N-dealkylation sites (tertiary alicyclic amines) is 2. The third-order valence-corrected chi connectivity index (χ3v) is 10.7. The van der Waals surface area contributed by atoms with Gasteiger partial charge in [0.15, 0.2) is 11.6 Å². The molecule has 0 spiro atoms. The van der Waals surface area contributed by atoms with E-state index in [4.69, 9.17) is 0 Å². The molecule has 3 aliphatic rings. The zero-order valence-electron chi connectivity index (χ0n) is 28.8. The van der Waals surface area contributed by atoms with Crippen molar-refractivity contribution in [3.05, 3.63) is 119 Å². The number of hydrogen-bond acceptors (Lipinski definition) is 4. The molecule has 1 N–H and O–H groups in total. The number of carbonyl (C=O) groups is 4. The number of ketones is 2. The minimum absolute atomic E-state index is 0.0138. The fraction of sp³-hybridized carbons (Fsp3) is 0.349. The van der Waals surface area contributed by atoms with Gasteiger partial charge >= 0.3 is 0 Å². The zero-order chi connectivity index (χ0) is 34.6. The highest BCUT2D eigenvalue weighted by atomic mass is 16.2. The number of nitrogens with one attached hydrogen (secondary N) is 1. The molecule has 50 heavy (non-hydrogen) atoms. The molecule has 2 saturated heterocycles. The van der Waals surface area contributed by atoms with Gasteiger partial charge in [-0.3, -0.25) is 19.2 Å². The van der Waals surface area contributed by atoms with Crippen LogP contribution < -0.4 is 0 Å². The van der Waals surface area contributed by atoms with E-state index in [1.165, 1.54) is 0 Å². The van der Waals surface area contributed by atoms with Crippen molar-refractivity contribution in [1.29, 1.82) is 0 Å². The van der Waals surface area contributed by atoms with E-state index < -0.39 is 0 Å². The van der Waals surface area contributed by atoms with E-state index in [2.05, 4.69) is 29.3 Å². The molecule has 7 nitrogen and oxygen atoms in total. The van der Waals surface area contributed by atoms with Gasteiger partial charge in [-0.25, -0.2) is 0 Å². The van der Waals surface area contributed by atoms with Crippen molar-refractivity contribution in [1.82, 2.24) is 14.8 Å². The summed E-state index contributed by atoms with van der Waals surface area (Å²) in [7, 11) is 0. The Balaban J connectivity index is 0.970. The number of fused-ring (bicyclic) bond motifs is 1. The van der Waals surface area contributed by atoms with Gasteiger partial charge in [0.05, 0.1) is 24.4 Å². The largest absolute Gasteiger partial charge is 0.355 e. The van der Waals surface area contributed by atoms with E-state index in [0.29, 0.717) is 38.8 Å². The molecule has 2 fully saturated rings. The summed E-state index contributed by atoms with van der Waals surface area (Å²) in [6.45, 7) is 3.24. The first kappa shape index (κ1) is 33.5. The monoisotopic (exact) mass is 667 g/mol. The SMILES string of the molecule is C[C@@H](C(=O)N1CCC[C@H]1C(=O)Cc1ccc2[nH]c(-c3ccc(CC(=O)[C@@H]4CCCN4C(=O)Cc4ccccc4)cc3)cc2c1)C1=CC=CCC1. The zero-order valence-corrected chi connectivity index (χ0v) is 28.8. The van der Waals surface area contributed by atoms with Crippen molar-refractivity contribution in [2.75, 3.05) is 13.1 Å². The van der Waals surface area contributed by atoms with Gasteiger partial charge in [-0.1, -0.05) is 84.5 Å². The fourth-order valence-electron chi connectivity index (χ4n) is 7.91. The molecule has 2 amide bonds. The number of hydrogen-bond donors (Lipinski definition) is 1. The predicted octanol–water partition coefficient (Wildman–Crippen LogP) is 7.20. The van der Waals surface area contributed by atoms with Crippen molar-refractivity contribution < 1.29 is 19.2 Å². The van der Waals surface area contributed by atoms with Crippen LogP contribution in [0.15, 0.2) is 103 Å². The molecule has 256 valence electrons.